The first-order valence-electron chi connectivity index (χ1n) is 4.52. The van der Waals surface area contributed by atoms with Crippen molar-refractivity contribution in [1.82, 2.24) is 0 Å². The third kappa shape index (κ3) is 2.63. The van der Waals surface area contributed by atoms with Gasteiger partial charge in [-0.1, -0.05) is 18.2 Å². The molecule has 1 aromatic rings. The van der Waals surface area contributed by atoms with Crippen molar-refractivity contribution in [3.63, 3.8) is 0 Å². The van der Waals surface area contributed by atoms with Gasteiger partial charge in [-0.05, 0) is 19.1 Å². The summed E-state index contributed by atoms with van der Waals surface area (Å²) in [5.74, 6) is -1.77. The molecule has 0 unspecified atom stereocenters. The fourth-order valence-electron chi connectivity index (χ4n) is 0.983. The van der Waals surface area contributed by atoms with Crippen molar-refractivity contribution >= 4 is 16.8 Å². The fourth-order valence-corrected chi connectivity index (χ4v) is 1.89. The monoisotopic (exact) mass is 248 g/mol. The summed E-state index contributed by atoms with van der Waals surface area (Å²) in [7, 11) is -2.73. The topological polar surface area (TPSA) is 43.4 Å². The highest BCUT2D eigenvalue weighted by molar-refractivity contribution is 7.87. The predicted octanol–water partition coefficient (Wildman–Crippen LogP) is 1.95. The number of hydrogen-bond donors (Lipinski definition) is 0. The minimum Gasteiger partial charge on any atom is -0.461 e. The summed E-state index contributed by atoms with van der Waals surface area (Å²) in [6, 6.07) is 7.07. The van der Waals surface area contributed by atoms with Crippen molar-refractivity contribution < 1.29 is 22.5 Å². The van der Waals surface area contributed by atoms with Crippen LogP contribution in [0.5, 0.6) is 0 Å². The molecule has 0 aliphatic heterocycles. The van der Waals surface area contributed by atoms with Crippen molar-refractivity contribution in [2.45, 2.75) is 17.1 Å². The highest BCUT2D eigenvalue weighted by Gasteiger charge is 2.48. The molecular weight excluding hydrogens is 238 g/mol. The van der Waals surface area contributed by atoms with Gasteiger partial charge >= 0.3 is 11.2 Å². The molecule has 0 heterocycles. The molecule has 0 N–H and O–H groups in total. The standard InChI is InChI=1S/C10H10F2O3S/c1-2-15-9(13)10(11,12)16(14)8-6-4-3-5-7-8/h3-7H,2H2,1H3/t16-/m0/s1. The highest BCUT2D eigenvalue weighted by atomic mass is 32.2. The summed E-state index contributed by atoms with van der Waals surface area (Å²) in [5, 5.41) is -4.02. The van der Waals surface area contributed by atoms with Crippen LogP contribution in [0.3, 0.4) is 0 Å². The van der Waals surface area contributed by atoms with Gasteiger partial charge in [0.2, 0.25) is 0 Å². The minimum atomic E-state index is -4.02. The SMILES string of the molecule is CCOC(=O)C(F)(F)[S@@](=O)c1ccccc1. The maximum Gasteiger partial charge on any atom is 0.420 e. The Labute approximate surface area is 93.9 Å². The maximum atomic E-state index is 13.3. The summed E-state index contributed by atoms with van der Waals surface area (Å²) in [6.45, 7) is 1.22. The lowest BCUT2D eigenvalue weighted by Crippen LogP contribution is -2.35. The van der Waals surface area contributed by atoms with Crippen molar-refractivity contribution in [3.05, 3.63) is 30.3 Å². The van der Waals surface area contributed by atoms with E-state index in [1.165, 1.54) is 31.2 Å². The smallest absolute Gasteiger partial charge is 0.420 e. The normalized spacial score (nSPS) is 13.2. The lowest BCUT2D eigenvalue weighted by atomic mass is 10.4. The van der Waals surface area contributed by atoms with Gasteiger partial charge in [0.05, 0.1) is 6.61 Å². The van der Waals surface area contributed by atoms with Gasteiger partial charge in [-0.25, -0.2) is 9.00 Å². The number of carbonyl (C=O) groups excluding carboxylic acids is 1. The quantitative estimate of drug-likeness (QED) is 0.765. The molecule has 0 saturated heterocycles. The Kier molecular flexibility index (Phi) is 4.12. The molecule has 0 radical (unpaired) electrons. The average Bonchev–Trinajstić information content (AvgIpc) is 2.29. The Morgan fingerprint density at radius 3 is 2.44 bits per heavy atom. The van der Waals surface area contributed by atoms with E-state index in [4.69, 9.17) is 0 Å². The Hall–Kier alpha value is -1.30. The van der Waals surface area contributed by atoms with Crippen LogP contribution in [0, 0.1) is 0 Å². The van der Waals surface area contributed by atoms with E-state index in [9.17, 15) is 17.8 Å². The number of halogens is 2. The van der Waals surface area contributed by atoms with Gasteiger partial charge < -0.3 is 4.74 Å². The fraction of sp³-hybridized carbons (Fsp3) is 0.300. The first kappa shape index (κ1) is 12.8. The second kappa shape index (κ2) is 5.16. The Morgan fingerprint density at radius 2 is 1.94 bits per heavy atom. The van der Waals surface area contributed by atoms with Gasteiger partial charge in [-0.2, -0.15) is 8.78 Å². The van der Waals surface area contributed by atoms with E-state index in [-0.39, 0.29) is 11.5 Å². The Morgan fingerprint density at radius 1 is 1.38 bits per heavy atom. The number of alkyl halides is 2. The summed E-state index contributed by atoms with van der Waals surface area (Å²) in [4.78, 5) is 10.8. The van der Waals surface area contributed by atoms with Gasteiger partial charge in [0.15, 0.2) is 0 Å². The van der Waals surface area contributed by atoms with Crippen molar-refractivity contribution in [1.29, 1.82) is 0 Å². The molecule has 0 amide bonds. The zero-order chi connectivity index (χ0) is 12.2. The van der Waals surface area contributed by atoms with Crippen molar-refractivity contribution in [2.24, 2.45) is 0 Å². The Bertz CT molecular complexity index is 392. The minimum absolute atomic E-state index is 0.111. The van der Waals surface area contributed by atoms with Crippen LogP contribution >= 0.6 is 0 Å². The van der Waals surface area contributed by atoms with Crippen LogP contribution in [0.4, 0.5) is 8.78 Å². The van der Waals surface area contributed by atoms with Gasteiger partial charge in [0.1, 0.15) is 10.8 Å². The van der Waals surface area contributed by atoms with Crippen LogP contribution in [0.1, 0.15) is 6.92 Å². The molecule has 1 atom stereocenters. The summed E-state index contributed by atoms with van der Waals surface area (Å²) in [6.07, 6.45) is 0. The van der Waals surface area contributed by atoms with Crippen LogP contribution in [-0.2, 0) is 20.3 Å². The maximum absolute atomic E-state index is 13.3. The van der Waals surface area contributed by atoms with Crippen LogP contribution < -0.4 is 0 Å². The number of hydrogen-bond acceptors (Lipinski definition) is 3. The molecule has 0 fully saturated rings. The van der Waals surface area contributed by atoms with Gasteiger partial charge in [-0.15, -0.1) is 0 Å². The number of benzene rings is 1. The van der Waals surface area contributed by atoms with Crippen molar-refractivity contribution in [3.8, 4) is 0 Å². The summed E-state index contributed by atoms with van der Waals surface area (Å²) >= 11 is 0. The second-order valence-corrected chi connectivity index (χ2v) is 4.34. The van der Waals surface area contributed by atoms with Crippen LogP contribution in [0.2, 0.25) is 0 Å². The van der Waals surface area contributed by atoms with Crippen LogP contribution in [-0.4, -0.2) is 22.0 Å². The van der Waals surface area contributed by atoms with E-state index in [0.29, 0.717) is 0 Å². The molecule has 0 bridgehead atoms. The summed E-state index contributed by atoms with van der Waals surface area (Å²) < 4.78 is 42.2. The highest BCUT2D eigenvalue weighted by Crippen LogP contribution is 2.26. The van der Waals surface area contributed by atoms with E-state index < -0.39 is 22.0 Å². The molecule has 6 heteroatoms. The van der Waals surface area contributed by atoms with E-state index >= 15 is 0 Å². The number of ether oxygens (including phenoxy) is 1. The first-order valence-corrected chi connectivity index (χ1v) is 5.67. The van der Waals surface area contributed by atoms with Gasteiger partial charge in [0, 0.05) is 4.90 Å². The van der Waals surface area contributed by atoms with E-state index in [1.54, 1.807) is 6.07 Å². The molecule has 0 saturated carbocycles. The molecule has 88 valence electrons. The zero-order valence-corrected chi connectivity index (χ0v) is 9.30. The van der Waals surface area contributed by atoms with Gasteiger partial charge in [0.25, 0.3) is 0 Å². The number of esters is 1. The molecule has 0 aliphatic carbocycles. The second-order valence-electron chi connectivity index (χ2n) is 2.82. The number of carbonyl (C=O) groups is 1. The largest absolute Gasteiger partial charge is 0.461 e. The van der Waals surface area contributed by atoms with Crippen LogP contribution in [0.15, 0.2) is 35.2 Å². The third-order valence-electron chi connectivity index (χ3n) is 1.70. The molecule has 0 aromatic heterocycles. The predicted molar refractivity (Wildman–Crippen MR) is 54.4 cm³/mol. The molecular formula is C10H10F2O3S. The average molecular weight is 248 g/mol. The van der Waals surface area contributed by atoms with E-state index in [2.05, 4.69) is 4.74 Å². The zero-order valence-electron chi connectivity index (χ0n) is 8.48. The first-order chi connectivity index (χ1) is 7.50. The lowest BCUT2D eigenvalue weighted by Gasteiger charge is -2.13. The number of rotatable bonds is 4. The summed E-state index contributed by atoms with van der Waals surface area (Å²) in [5.41, 5.74) is 0. The molecule has 1 aromatic carbocycles. The third-order valence-corrected chi connectivity index (χ3v) is 3.04. The molecule has 3 nitrogen and oxygen atoms in total. The Balaban J connectivity index is 2.92. The molecule has 16 heavy (non-hydrogen) atoms. The molecule has 0 spiro atoms. The van der Waals surface area contributed by atoms with E-state index in [0.717, 1.165) is 0 Å². The lowest BCUT2D eigenvalue weighted by molar-refractivity contribution is -0.159. The van der Waals surface area contributed by atoms with Crippen molar-refractivity contribution in [2.75, 3.05) is 6.61 Å². The van der Waals surface area contributed by atoms with Gasteiger partial charge in [-0.3, -0.25) is 0 Å². The van der Waals surface area contributed by atoms with Crippen LogP contribution in [0.25, 0.3) is 0 Å². The molecule has 1 rings (SSSR count). The van der Waals surface area contributed by atoms with E-state index in [1.807, 2.05) is 0 Å². The molecule has 0 aliphatic rings.